The van der Waals surface area contributed by atoms with Crippen LogP contribution in [0.25, 0.3) is 5.65 Å². The SMILES string of the molecule is Cc1nnc2c(NC3CCC(Cl)CC3)nccn12. The molecule has 0 amide bonds. The van der Waals surface area contributed by atoms with Crippen molar-refractivity contribution in [3.8, 4) is 0 Å². The molecular weight excluding hydrogens is 250 g/mol. The molecule has 0 bridgehead atoms. The molecule has 96 valence electrons. The molecule has 1 fully saturated rings. The number of nitrogens with zero attached hydrogens (tertiary/aromatic N) is 4. The van der Waals surface area contributed by atoms with Crippen molar-refractivity contribution in [1.82, 2.24) is 19.6 Å². The summed E-state index contributed by atoms with van der Waals surface area (Å²) < 4.78 is 1.95. The highest BCUT2D eigenvalue weighted by atomic mass is 35.5. The van der Waals surface area contributed by atoms with E-state index in [9.17, 15) is 0 Å². The van der Waals surface area contributed by atoms with Crippen molar-refractivity contribution in [3.63, 3.8) is 0 Å². The van der Waals surface area contributed by atoms with Gasteiger partial charge in [-0.3, -0.25) is 4.40 Å². The minimum Gasteiger partial charge on any atom is -0.364 e. The van der Waals surface area contributed by atoms with Gasteiger partial charge in [-0.2, -0.15) is 0 Å². The van der Waals surface area contributed by atoms with E-state index in [4.69, 9.17) is 11.6 Å². The standard InChI is InChI=1S/C12H16ClN5/c1-8-16-17-12-11(14-6-7-18(8)12)15-10-4-2-9(13)3-5-10/h6-7,9-10H,2-5H2,1H3,(H,14,15). The highest BCUT2D eigenvalue weighted by molar-refractivity contribution is 6.20. The fraction of sp³-hybridized carbons (Fsp3) is 0.583. The van der Waals surface area contributed by atoms with Crippen LogP contribution in [-0.4, -0.2) is 31.0 Å². The Labute approximate surface area is 111 Å². The van der Waals surface area contributed by atoms with Crippen LogP contribution in [0.2, 0.25) is 0 Å². The number of rotatable bonds is 2. The lowest BCUT2D eigenvalue weighted by Gasteiger charge is -2.26. The normalized spacial score (nSPS) is 24.3. The van der Waals surface area contributed by atoms with Crippen molar-refractivity contribution in [1.29, 1.82) is 0 Å². The Morgan fingerprint density at radius 1 is 1.28 bits per heavy atom. The summed E-state index contributed by atoms with van der Waals surface area (Å²) in [6.07, 6.45) is 7.96. The summed E-state index contributed by atoms with van der Waals surface area (Å²) in [5, 5.41) is 12.0. The van der Waals surface area contributed by atoms with E-state index < -0.39 is 0 Å². The van der Waals surface area contributed by atoms with Crippen LogP contribution >= 0.6 is 11.6 Å². The topological polar surface area (TPSA) is 55.1 Å². The van der Waals surface area contributed by atoms with Crippen LogP contribution in [-0.2, 0) is 0 Å². The van der Waals surface area contributed by atoms with Crippen molar-refractivity contribution < 1.29 is 0 Å². The monoisotopic (exact) mass is 265 g/mol. The lowest BCUT2D eigenvalue weighted by molar-refractivity contribution is 0.467. The molecule has 6 heteroatoms. The van der Waals surface area contributed by atoms with E-state index in [1.807, 2.05) is 17.5 Å². The quantitative estimate of drug-likeness (QED) is 0.847. The Hall–Kier alpha value is -1.36. The molecule has 0 atom stereocenters. The van der Waals surface area contributed by atoms with Crippen molar-refractivity contribution >= 4 is 23.1 Å². The van der Waals surface area contributed by atoms with Gasteiger partial charge in [-0.1, -0.05) is 0 Å². The molecule has 5 nitrogen and oxygen atoms in total. The zero-order chi connectivity index (χ0) is 12.5. The molecule has 0 aliphatic heterocycles. The molecular formula is C12H16ClN5. The molecule has 0 saturated heterocycles. The van der Waals surface area contributed by atoms with Gasteiger partial charge in [-0.05, 0) is 32.6 Å². The predicted octanol–water partition coefficient (Wildman–Crippen LogP) is 2.39. The van der Waals surface area contributed by atoms with Crippen LogP contribution in [0.3, 0.4) is 0 Å². The van der Waals surface area contributed by atoms with Gasteiger partial charge in [0.05, 0.1) is 0 Å². The minimum absolute atomic E-state index is 0.335. The highest BCUT2D eigenvalue weighted by Crippen LogP contribution is 2.25. The van der Waals surface area contributed by atoms with Gasteiger partial charge in [-0.15, -0.1) is 21.8 Å². The molecule has 0 radical (unpaired) electrons. The Morgan fingerprint density at radius 3 is 2.83 bits per heavy atom. The van der Waals surface area contributed by atoms with Crippen molar-refractivity contribution in [2.45, 2.75) is 44.0 Å². The van der Waals surface area contributed by atoms with Gasteiger partial charge >= 0.3 is 0 Å². The van der Waals surface area contributed by atoms with Gasteiger partial charge in [0, 0.05) is 23.8 Å². The third kappa shape index (κ3) is 2.14. The first-order chi connectivity index (χ1) is 8.74. The number of aryl methyl sites for hydroxylation is 1. The van der Waals surface area contributed by atoms with E-state index in [0.29, 0.717) is 11.4 Å². The number of hydrogen-bond donors (Lipinski definition) is 1. The fourth-order valence-electron chi connectivity index (χ4n) is 2.43. The van der Waals surface area contributed by atoms with Gasteiger partial charge < -0.3 is 5.32 Å². The molecule has 1 saturated carbocycles. The summed E-state index contributed by atoms with van der Waals surface area (Å²) in [6.45, 7) is 1.93. The molecule has 2 aromatic heterocycles. The zero-order valence-electron chi connectivity index (χ0n) is 10.3. The molecule has 0 aromatic carbocycles. The Morgan fingerprint density at radius 2 is 2.06 bits per heavy atom. The predicted molar refractivity (Wildman–Crippen MR) is 71.0 cm³/mol. The number of fused-ring (bicyclic) bond motifs is 1. The van der Waals surface area contributed by atoms with Crippen LogP contribution in [0.1, 0.15) is 31.5 Å². The van der Waals surface area contributed by atoms with Crippen LogP contribution < -0.4 is 5.32 Å². The van der Waals surface area contributed by atoms with Gasteiger partial charge in [0.15, 0.2) is 5.82 Å². The Balaban J connectivity index is 1.82. The summed E-state index contributed by atoms with van der Waals surface area (Å²) in [5.74, 6) is 1.69. The van der Waals surface area contributed by atoms with Gasteiger partial charge in [-0.25, -0.2) is 4.98 Å². The number of alkyl halides is 1. The lowest BCUT2D eigenvalue weighted by atomic mass is 9.95. The van der Waals surface area contributed by atoms with Crippen molar-refractivity contribution in [2.24, 2.45) is 0 Å². The van der Waals surface area contributed by atoms with Crippen LogP contribution in [0.5, 0.6) is 0 Å². The largest absolute Gasteiger partial charge is 0.364 e. The van der Waals surface area contributed by atoms with Crippen LogP contribution in [0.15, 0.2) is 12.4 Å². The van der Waals surface area contributed by atoms with Crippen LogP contribution in [0, 0.1) is 6.92 Å². The van der Waals surface area contributed by atoms with Crippen LogP contribution in [0.4, 0.5) is 5.82 Å². The lowest BCUT2D eigenvalue weighted by Crippen LogP contribution is -2.27. The van der Waals surface area contributed by atoms with E-state index in [-0.39, 0.29) is 0 Å². The summed E-state index contributed by atoms with van der Waals surface area (Å²) >= 11 is 6.11. The van der Waals surface area contributed by atoms with Crippen molar-refractivity contribution in [3.05, 3.63) is 18.2 Å². The third-order valence-electron chi connectivity index (χ3n) is 3.50. The number of nitrogens with one attached hydrogen (secondary N) is 1. The smallest absolute Gasteiger partial charge is 0.203 e. The molecule has 3 rings (SSSR count). The molecule has 1 aliphatic rings. The molecule has 2 heterocycles. The molecule has 1 N–H and O–H groups in total. The van der Waals surface area contributed by atoms with Gasteiger partial charge in [0.25, 0.3) is 0 Å². The maximum Gasteiger partial charge on any atom is 0.203 e. The fourth-order valence-corrected chi connectivity index (χ4v) is 2.69. The first-order valence-electron chi connectivity index (χ1n) is 6.31. The molecule has 18 heavy (non-hydrogen) atoms. The van der Waals surface area contributed by atoms with Gasteiger partial charge in [0.1, 0.15) is 5.82 Å². The summed E-state index contributed by atoms with van der Waals surface area (Å²) in [6, 6.07) is 0.440. The number of aromatic nitrogens is 4. The third-order valence-corrected chi connectivity index (χ3v) is 3.93. The zero-order valence-corrected chi connectivity index (χ0v) is 11.1. The first-order valence-corrected chi connectivity index (χ1v) is 6.74. The second-order valence-electron chi connectivity index (χ2n) is 4.81. The number of halogens is 1. The average Bonchev–Trinajstić information content (AvgIpc) is 2.76. The van der Waals surface area contributed by atoms with E-state index in [0.717, 1.165) is 43.0 Å². The molecule has 0 spiro atoms. The highest BCUT2D eigenvalue weighted by Gasteiger charge is 2.20. The minimum atomic E-state index is 0.335. The second kappa shape index (κ2) is 4.72. The Bertz CT molecular complexity index is 544. The van der Waals surface area contributed by atoms with Crippen molar-refractivity contribution in [2.75, 3.05) is 5.32 Å². The number of hydrogen-bond acceptors (Lipinski definition) is 4. The Kier molecular flexibility index (Phi) is 3.07. The molecule has 1 aliphatic carbocycles. The molecule has 2 aromatic rings. The van der Waals surface area contributed by atoms with Gasteiger partial charge in [0.2, 0.25) is 5.65 Å². The molecule has 0 unspecified atom stereocenters. The summed E-state index contributed by atoms with van der Waals surface area (Å²) in [5.41, 5.74) is 0.794. The summed E-state index contributed by atoms with van der Waals surface area (Å²) in [7, 11) is 0. The van der Waals surface area contributed by atoms with E-state index in [2.05, 4.69) is 20.5 Å². The van der Waals surface area contributed by atoms with E-state index in [1.165, 1.54) is 0 Å². The maximum atomic E-state index is 6.11. The summed E-state index contributed by atoms with van der Waals surface area (Å²) in [4.78, 5) is 4.37. The van der Waals surface area contributed by atoms with E-state index >= 15 is 0 Å². The first kappa shape index (κ1) is 11.7. The second-order valence-corrected chi connectivity index (χ2v) is 5.43. The number of anilines is 1. The van der Waals surface area contributed by atoms with E-state index in [1.54, 1.807) is 6.20 Å². The average molecular weight is 266 g/mol. The maximum absolute atomic E-state index is 6.11.